The van der Waals surface area contributed by atoms with Gasteiger partial charge in [0.2, 0.25) is 0 Å². The minimum Gasteiger partial charge on any atom is -0.466 e. The van der Waals surface area contributed by atoms with Crippen LogP contribution in [-0.4, -0.2) is 38.9 Å². The van der Waals surface area contributed by atoms with Gasteiger partial charge in [-0.15, -0.1) is 0 Å². The first-order valence-electron chi connectivity index (χ1n) is 5.50. The van der Waals surface area contributed by atoms with E-state index in [0.717, 1.165) is 0 Å². The molecule has 0 unspecified atom stereocenters. The smallest absolute Gasteiger partial charge is 0.305 e. The van der Waals surface area contributed by atoms with Gasteiger partial charge in [0, 0.05) is 20.0 Å². The van der Waals surface area contributed by atoms with Crippen LogP contribution < -0.4 is 0 Å². The summed E-state index contributed by atoms with van der Waals surface area (Å²) < 4.78 is 14.4. The molecule has 0 radical (unpaired) electrons. The molecule has 0 saturated heterocycles. The summed E-state index contributed by atoms with van der Waals surface area (Å²) in [7, 11) is 1.55. The Hall–Kier alpha value is -1.10. The third-order valence-electron chi connectivity index (χ3n) is 1.87. The van der Waals surface area contributed by atoms with Crippen LogP contribution in [0.2, 0.25) is 0 Å². The fraction of sp³-hybridized carbons (Fsp3) is 0.818. The third kappa shape index (κ3) is 9.45. The van der Waals surface area contributed by atoms with E-state index in [4.69, 9.17) is 14.2 Å². The van der Waals surface area contributed by atoms with Crippen molar-refractivity contribution in [2.24, 2.45) is 0 Å². The third-order valence-corrected chi connectivity index (χ3v) is 1.87. The van der Waals surface area contributed by atoms with Crippen LogP contribution in [0.25, 0.3) is 0 Å². The minimum atomic E-state index is -0.249. The van der Waals surface area contributed by atoms with Crippen molar-refractivity contribution in [3.63, 3.8) is 0 Å². The Kier molecular flexibility index (Phi) is 9.70. The van der Waals surface area contributed by atoms with Crippen molar-refractivity contribution in [3.8, 4) is 0 Å². The van der Waals surface area contributed by atoms with Crippen molar-refractivity contribution >= 4 is 11.9 Å². The number of hydrogen-bond acceptors (Lipinski definition) is 5. The minimum absolute atomic E-state index is 0.213. The maximum atomic E-state index is 11.1. The van der Waals surface area contributed by atoms with Crippen LogP contribution in [0.3, 0.4) is 0 Å². The zero-order valence-corrected chi connectivity index (χ0v) is 9.99. The second-order valence-corrected chi connectivity index (χ2v) is 3.23. The van der Waals surface area contributed by atoms with Crippen molar-refractivity contribution in [2.45, 2.75) is 32.6 Å². The average molecular weight is 232 g/mol. The number of esters is 2. The molecule has 0 atom stereocenters. The fourth-order valence-corrected chi connectivity index (χ4v) is 1.08. The van der Waals surface area contributed by atoms with Crippen LogP contribution in [0, 0.1) is 0 Å². The Labute approximate surface area is 96.1 Å². The number of hydrogen-bond donors (Lipinski definition) is 0. The molecule has 0 aromatic heterocycles. The summed E-state index contributed by atoms with van der Waals surface area (Å²) in [6.45, 7) is 2.87. The van der Waals surface area contributed by atoms with Crippen LogP contribution in [0.4, 0.5) is 0 Å². The molecule has 0 bridgehead atoms. The molecule has 0 aliphatic rings. The number of carbonyl (C=O) groups is 2. The Morgan fingerprint density at radius 3 is 2.00 bits per heavy atom. The SMILES string of the molecule is CCOC(=O)CCCCC(=O)OCCOC. The molecule has 5 heteroatoms. The van der Waals surface area contributed by atoms with E-state index in [2.05, 4.69) is 0 Å². The lowest BCUT2D eigenvalue weighted by Crippen LogP contribution is -2.09. The molecule has 0 saturated carbocycles. The lowest BCUT2D eigenvalue weighted by molar-refractivity contribution is -0.146. The van der Waals surface area contributed by atoms with E-state index in [0.29, 0.717) is 38.9 Å². The predicted octanol–water partition coefficient (Wildman–Crippen LogP) is 1.30. The first-order chi connectivity index (χ1) is 7.70. The molecule has 0 fully saturated rings. The maximum absolute atomic E-state index is 11.1. The summed E-state index contributed by atoms with van der Waals surface area (Å²) in [6.07, 6.45) is 1.99. The lowest BCUT2D eigenvalue weighted by atomic mass is 10.2. The Bertz CT molecular complexity index is 203. The van der Waals surface area contributed by atoms with Gasteiger partial charge >= 0.3 is 11.9 Å². The van der Waals surface area contributed by atoms with Gasteiger partial charge in [-0.05, 0) is 19.8 Å². The van der Waals surface area contributed by atoms with Crippen LogP contribution in [0.15, 0.2) is 0 Å². The Balaban J connectivity index is 3.30. The first kappa shape index (κ1) is 14.9. The van der Waals surface area contributed by atoms with Crippen LogP contribution in [-0.2, 0) is 23.8 Å². The fourth-order valence-electron chi connectivity index (χ4n) is 1.08. The molecule has 0 aromatic rings. The molecule has 0 N–H and O–H groups in total. The molecule has 0 amide bonds. The van der Waals surface area contributed by atoms with Crippen molar-refractivity contribution in [2.75, 3.05) is 26.9 Å². The molecule has 0 heterocycles. The molecule has 0 aliphatic carbocycles. The lowest BCUT2D eigenvalue weighted by Gasteiger charge is -2.04. The van der Waals surface area contributed by atoms with E-state index in [1.165, 1.54) is 0 Å². The highest BCUT2D eigenvalue weighted by atomic mass is 16.6. The molecular formula is C11H20O5. The summed E-state index contributed by atoms with van der Waals surface area (Å²) in [4.78, 5) is 22.0. The van der Waals surface area contributed by atoms with Crippen LogP contribution in [0.1, 0.15) is 32.6 Å². The summed E-state index contributed by atoms with van der Waals surface area (Å²) in [5.41, 5.74) is 0. The largest absolute Gasteiger partial charge is 0.466 e. The van der Waals surface area contributed by atoms with Gasteiger partial charge in [-0.1, -0.05) is 0 Å². The van der Waals surface area contributed by atoms with Gasteiger partial charge in [0.15, 0.2) is 0 Å². The monoisotopic (exact) mass is 232 g/mol. The number of ether oxygens (including phenoxy) is 3. The van der Waals surface area contributed by atoms with Gasteiger partial charge in [0.1, 0.15) is 6.61 Å². The zero-order valence-electron chi connectivity index (χ0n) is 9.99. The normalized spacial score (nSPS) is 9.88. The predicted molar refractivity (Wildman–Crippen MR) is 57.9 cm³/mol. The van der Waals surface area contributed by atoms with E-state index in [1.807, 2.05) is 0 Å². The average Bonchev–Trinajstić information content (AvgIpc) is 2.25. The van der Waals surface area contributed by atoms with Gasteiger partial charge in [-0.3, -0.25) is 9.59 Å². The highest BCUT2D eigenvalue weighted by molar-refractivity contribution is 5.70. The zero-order chi connectivity index (χ0) is 12.2. The van der Waals surface area contributed by atoms with Crippen LogP contribution >= 0.6 is 0 Å². The Morgan fingerprint density at radius 2 is 1.50 bits per heavy atom. The van der Waals surface area contributed by atoms with Crippen molar-refractivity contribution in [1.29, 1.82) is 0 Å². The van der Waals surface area contributed by atoms with Gasteiger partial charge in [-0.2, -0.15) is 0 Å². The van der Waals surface area contributed by atoms with E-state index in [1.54, 1.807) is 14.0 Å². The van der Waals surface area contributed by atoms with Crippen LogP contribution in [0.5, 0.6) is 0 Å². The summed E-state index contributed by atoms with van der Waals surface area (Å²) in [6, 6.07) is 0. The van der Waals surface area contributed by atoms with Crippen molar-refractivity contribution < 1.29 is 23.8 Å². The van der Waals surface area contributed by atoms with Gasteiger partial charge < -0.3 is 14.2 Å². The number of unbranched alkanes of at least 4 members (excludes halogenated alkanes) is 1. The van der Waals surface area contributed by atoms with Gasteiger partial charge in [0.25, 0.3) is 0 Å². The summed E-state index contributed by atoms with van der Waals surface area (Å²) in [5, 5.41) is 0. The van der Waals surface area contributed by atoms with E-state index < -0.39 is 0 Å². The molecular weight excluding hydrogens is 212 g/mol. The summed E-state index contributed by atoms with van der Waals surface area (Å²) >= 11 is 0. The number of methoxy groups -OCH3 is 1. The van der Waals surface area contributed by atoms with Crippen molar-refractivity contribution in [3.05, 3.63) is 0 Å². The molecule has 0 rings (SSSR count). The number of rotatable bonds is 9. The molecule has 0 aromatic carbocycles. The standard InChI is InChI=1S/C11H20O5/c1-3-15-10(12)6-4-5-7-11(13)16-9-8-14-2/h3-9H2,1-2H3. The summed E-state index contributed by atoms with van der Waals surface area (Å²) in [5.74, 6) is -0.462. The second kappa shape index (κ2) is 10.4. The molecule has 94 valence electrons. The quantitative estimate of drug-likeness (QED) is 0.443. The van der Waals surface area contributed by atoms with Gasteiger partial charge in [0.05, 0.1) is 13.2 Å². The Morgan fingerprint density at radius 1 is 0.938 bits per heavy atom. The highest BCUT2D eigenvalue weighted by Gasteiger charge is 2.05. The maximum Gasteiger partial charge on any atom is 0.305 e. The van der Waals surface area contributed by atoms with E-state index in [-0.39, 0.29) is 18.5 Å². The molecule has 0 aliphatic heterocycles. The van der Waals surface area contributed by atoms with E-state index in [9.17, 15) is 9.59 Å². The second-order valence-electron chi connectivity index (χ2n) is 3.23. The first-order valence-corrected chi connectivity index (χ1v) is 5.50. The molecule has 16 heavy (non-hydrogen) atoms. The molecule has 5 nitrogen and oxygen atoms in total. The van der Waals surface area contributed by atoms with Crippen molar-refractivity contribution in [1.82, 2.24) is 0 Å². The van der Waals surface area contributed by atoms with Gasteiger partial charge in [-0.25, -0.2) is 0 Å². The molecule has 0 spiro atoms. The topological polar surface area (TPSA) is 61.8 Å². The van der Waals surface area contributed by atoms with E-state index >= 15 is 0 Å². The number of carbonyl (C=O) groups excluding carboxylic acids is 2. The highest BCUT2D eigenvalue weighted by Crippen LogP contribution is 2.02.